The van der Waals surface area contributed by atoms with Crippen molar-refractivity contribution in [1.82, 2.24) is 9.97 Å². The highest BCUT2D eigenvalue weighted by Crippen LogP contribution is 2.38. The van der Waals surface area contributed by atoms with Gasteiger partial charge in [0.1, 0.15) is 5.58 Å². The molecular weight excluding hydrogens is 332 g/mol. The molecule has 0 spiro atoms. The van der Waals surface area contributed by atoms with E-state index in [-0.39, 0.29) is 0 Å². The van der Waals surface area contributed by atoms with Crippen molar-refractivity contribution in [2.45, 2.75) is 13.8 Å². The summed E-state index contributed by atoms with van der Waals surface area (Å²) >= 11 is 0. The van der Waals surface area contributed by atoms with Crippen LogP contribution in [0.1, 0.15) is 11.3 Å². The van der Waals surface area contributed by atoms with Gasteiger partial charge in [0, 0.05) is 33.8 Å². The molecule has 0 radical (unpaired) electrons. The standard InChI is InChI=1S/C24H18N2O/c1-15-8-11-17(12-9-15)18-7-4-14-25-22(18)21-6-3-5-19-20-13-10-16(2)26-24(20)27-23(19)21/h3-14H,1-2H3. The van der Waals surface area contributed by atoms with E-state index in [1.165, 1.54) is 5.56 Å². The maximum atomic E-state index is 6.18. The molecular formula is C24H18N2O. The third-order valence-corrected chi connectivity index (χ3v) is 4.93. The number of nitrogens with zero attached hydrogens (tertiary/aromatic N) is 2. The minimum Gasteiger partial charge on any atom is -0.437 e. The highest BCUT2D eigenvalue weighted by atomic mass is 16.3. The second-order valence-electron chi connectivity index (χ2n) is 6.86. The normalized spacial score (nSPS) is 11.3. The Bertz CT molecular complexity index is 1280. The number of hydrogen-bond acceptors (Lipinski definition) is 3. The number of para-hydroxylation sites is 1. The van der Waals surface area contributed by atoms with Crippen molar-refractivity contribution in [3.8, 4) is 22.4 Å². The molecule has 0 aliphatic rings. The first-order chi connectivity index (χ1) is 13.2. The lowest BCUT2D eigenvalue weighted by molar-refractivity contribution is 0.653. The van der Waals surface area contributed by atoms with E-state index >= 15 is 0 Å². The van der Waals surface area contributed by atoms with Gasteiger partial charge in [-0.25, -0.2) is 4.98 Å². The molecule has 0 atom stereocenters. The minimum absolute atomic E-state index is 0.672. The molecule has 3 heteroatoms. The van der Waals surface area contributed by atoms with Gasteiger partial charge in [0.05, 0.1) is 5.69 Å². The van der Waals surface area contributed by atoms with Crippen molar-refractivity contribution in [1.29, 1.82) is 0 Å². The predicted molar refractivity (Wildman–Crippen MR) is 110 cm³/mol. The predicted octanol–water partition coefficient (Wildman–Crippen LogP) is 6.33. The Morgan fingerprint density at radius 2 is 1.56 bits per heavy atom. The Morgan fingerprint density at radius 1 is 0.741 bits per heavy atom. The molecule has 130 valence electrons. The molecule has 0 N–H and O–H groups in total. The van der Waals surface area contributed by atoms with Gasteiger partial charge < -0.3 is 4.42 Å². The van der Waals surface area contributed by atoms with Crippen LogP contribution in [0.15, 0.2) is 77.3 Å². The van der Waals surface area contributed by atoms with Crippen molar-refractivity contribution >= 4 is 22.1 Å². The van der Waals surface area contributed by atoms with Gasteiger partial charge in [-0.3, -0.25) is 4.98 Å². The summed E-state index contributed by atoms with van der Waals surface area (Å²) in [7, 11) is 0. The van der Waals surface area contributed by atoms with Gasteiger partial charge in [-0.2, -0.15) is 0 Å². The molecule has 3 aromatic heterocycles. The van der Waals surface area contributed by atoms with Crippen molar-refractivity contribution in [2.75, 3.05) is 0 Å². The lowest BCUT2D eigenvalue weighted by Crippen LogP contribution is -1.89. The molecule has 0 fully saturated rings. The first-order valence-corrected chi connectivity index (χ1v) is 9.02. The van der Waals surface area contributed by atoms with Gasteiger partial charge in [0.25, 0.3) is 0 Å². The number of rotatable bonds is 2. The fourth-order valence-corrected chi connectivity index (χ4v) is 3.54. The summed E-state index contributed by atoms with van der Waals surface area (Å²) < 4.78 is 6.18. The third-order valence-electron chi connectivity index (χ3n) is 4.93. The van der Waals surface area contributed by atoms with Crippen LogP contribution in [0.5, 0.6) is 0 Å². The molecule has 0 aliphatic carbocycles. The quantitative estimate of drug-likeness (QED) is 0.373. The van der Waals surface area contributed by atoms with Crippen molar-refractivity contribution < 1.29 is 4.42 Å². The fourth-order valence-electron chi connectivity index (χ4n) is 3.54. The number of pyridine rings is 2. The van der Waals surface area contributed by atoms with Crippen LogP contribution >= 0.6 is 0 Å². The molecule has 3 heterocycles. The Kier molecular flexibility index (Phi) is 3.54. The van der Waals surface area contributed by atoms with E-state index in [2.05, 4.69) is 66.5 Å². The highest BCUT2D eigenvalue weighted by Gasteiger charge is 2.16. The first kappa shape index (κ1) is 15.8. The van der Waals surface area contributed by atoms with Gasteiger partial charge >= 0.3 is 0 Å². The molecule has 0 saturated heterocycles. The van der Waals surface area contributed by atoms with Crippen LogP contribution in [0.2, 0.25) is 0 Å². The van der Waals surface area contributed by atoms with E-state index in [9.17, 15) is 0 Å². The minimum atomic E-state index is 0.672. The van der Waals surface area contributed by atoms with E-state index in [4.69, 9.17) is 9.40 Å². The molecule has 0 bridgehead atoms. The van der Waals surface area contributed by atoms with E-state index in [0.717, 1.165) is 44.4 Å². The van der Waals surface area contributed by atoms with Gasteiger partial charge in [-0.1, -0.05) is 48.0 Å². The smallest absolute Gasteiger partial charge is 0.227 e. The number of fused-ring (bicyclic) bond motifs is 3. The van der Waals surface area contributed by atoms with Crippen LogP contribution in [0.4, 0.5) is 0 Å². The molecule has 0 unspecified atom stereocenters. The topological polar surface area (TPSA) is 38.9 Å². The van der Waals surface area contributed by atoms with E-state index < -0.39 is 0 Å². The number of benzene rings is 2. The Balaban J connectivity index is 1.80. The average molecular weight is 350 g/mol. The maximum Gasteiger partial charge on any atom is 0.227 e. The molecule has 2 aromatic carbocycles. The largest absolute Gasteiger partial charge is 0.437 e. The highest BCUT2D eigenvalue weighted by molar-refractivity contribution is 6.09. The molecule has 0 aliphatic heterocycles. The summed E-state index contributed by atoms with van der Waals surface area (Å²) in [5, 5.41) is 2.10. The summed E-state index contributed by atoms with van der Waals surface area (Å²) in [6.07, 6.45) is 1.83. The van der Waals surface area contributed by atoms with Crippen molar-refractivity contribution in [3.63, 3.8) is 0 Å². The van der Waals surface area contributed by atoms with Crippen LogP contribution in [0.3, 0.4) is 0 Å². The zero-order valence-electron chi connectivity index (χ0n) is 15.2. The van der Waals surface area contributed by atoms with Crippen LogP contribution in [-0.4, -0.2) is 9.97 Å². The monoisotopic (exact) mass is 350 g/mol. The zero-order valence-corrected chi connectivity index (χ0v) is 15.2. The fraction of sp³-hybridized carbons (Fsp3) is 0.0833. The maximum absolute atomic E-state index is 6.18. The van der Waals surface area contributed by atoms with Crippen molar-refractivity contribution in [3.05, 3.63) is 84.2 Å². The molecule has 0 amide bonds. The second kappa shape index (κ2) is 6.06. The number of aromatic nitrogens is 2. The Labute approximate surface area is 157 Å². The SMILES string of the molecule is Cc1ccc(-c2cccnc2-c2cccc3c2oc2nc(C)ccc23)cc1. The summed E-state index contributed by atoms with van der Waals surface area (Å²) in [6, 6.07) is 22.9. The van der Waals surface area contributed by atoms with Crippen LogP contribution in [0.25, 0.3) is 44.5 Å². The van der Waals surface area contributed by atoms with Crippen LogP contribution < -0.4 is 0 Å². The Hall–Kier alpha value is -3.46. The number of hydrogen-bond donors (Lipinski definition) is 0. The molecule has 5 aromatic rings. The first-order valence-electron chi connectivity index (χ1n) is 9.02. The van der Waals surface area contributed by atoms with Crippen molar-refractivity contribution in [2.24, 2.45) is 0 Å². The molecule has 3 nitrogen and oxygen atoms in total. The Morgan fingerprint density at radius 3 is 2.41 bits per heavy atom. The summed E-state index contributed by atoms with van der Waals surface area (Å²) in [5.41, 5.74) is 7.83. The summed E-state index contributed by atoms with van der Waals surface area (Å²) in [5.74, 6) is 0. The van der Waals surface area contributed by atoms with Gasteiger partial charge in [0.2, 0.25) is 5.71 Å². The average Bonchev–Trinajstić information content (AvgIpc) is 3.06. The van der Waals surface area contributed by atoms with Gasteiger partial charge in [0.15, 0.2) is 0 Å². The van der Waals surface area contributed by atoms with Crippen LogP contribution in [0, 0.1) is 13.8 Å². The lowest BCUT2D eigenvalue weighted by atomic mass is 9.97. The van der Waals surface area contributed by atoms with E-state index in [1.54, 1.807) is 0 Å². The number of furan rings is 1. The molecule has 0 saturated carbocycles. The van der Waals surface area contributed by atoms with Crippen LogP contribution in [-0.2, 0) is 0 Å². The van der Waals surface area contributed by atoms with E-state index in [0.29, 0.717) is 5.71 Å². The summed E-state index contributed by atoms with van der Waals surface area (Å²) in [4.78, 5) is 9.26. The van der Waals surface area contributed by atoms with Gasteiger partial charge in [-0.15, -0.1) is 0 Å². The molecule has 27 heavy (non-hydrogen) atoms. The van der Waals surface area contributed by atoms with Gasteiger partial charge in [-0.05, 0) is 43.7 Å². The van der Waals surface area contributed by atoms with E-state index in [1.807, 2.05) is 25.3 Å². The molecule has 5 rings (SSSR count). The summed E-state index contributed by atoms with van der Waals surface area (Å²) in [6.45, 7) is 4.07. The second-order valence-corrected chi connectivity index (χ2v) is 6.86. The number of aryl methyl sites for hydroxylation is 2. The third kappa shape index (κ3) is 2.59. The zero-order chi connectivity index (χ0) is 18.4. The lowest BCUT2D eigenvalue weighted by Gasteiger charge is -2.09.